The number of anilines is 2. The van der Waals surface area contributed by atoms with E-state index in [1.807, 2.05) is 14.1 Å². The van der Waals surface area contributed by atoms with Crippen LogP contribution in [0.15, 0.2) is 42.5 Å². The first-order valence-corrected chi connectivity index (χ1v) is 10.2. The van der Waals surface area contributed by atoms with E-state index in [4.69, 9.17) is 4.98 Å². The van der Waals surface area contributed by atoms with Crippen LogP contribution in [0.5, 0.6) is 0 Å². The summed E-state index contributed by atoms with van der Waals surface area (Å²) in [6.45, 7) is 4.35. The number of carbonyl (C=O) groups excluding carboxylic acids is 1. The predicted molar refractivity (Wildman–Crippen MR) is 118 cm³/mol. The van der Waals surface area contributed by atoms with Crippen LogP contribution in [0, 0.1) is 12.8 Å². The Bertz CT molecular complexity index is 984. The van der Waals surface area contributed by atoms with Crippen LogP contribution in [-0.4, -0.2) is 43.1 Å². The molecule has 0 radical (unpaired) electrons. The Kier molecular flexibility index (Phi) is 5.43. The van der Waals surface area contributed by atoms with Crippen molar-refractivity contribution in [2.75, 3.05) is 37.0 Å². The lowest BCUT2D eigenvalue weighted by molar-refractivity contribution is -0.125. The Balaban J connectivity index is 1.29. The van der Waals surface area contributed by atoms with Crippen molar-refractivity contribution in [3.63, 3.8) is 0 Å². The summed E-state index contributed by atoms with van der Waals surface area (Å²) in [5.74, 6) is 1.13. The van der Waals surface area contributed by atoms with Crippen LogP contribution >= 0.6 is 0 Å². The van der Waals surface area contributed by atoms with Gasteiger partial charge in [0.15, 0.2) is 0 Å². The van der Waals surface area contributed by atoms with Crippen LogP contribution in [0.2, 0.25) is 0 Å². The smallest absolute Gasteiger partial charge is 0.223 e. The summed E-state index contributed by atoms with van der Waals surface area (Å²) in [6.07, 6.45) is 1.70. The van der Waals surface area contributed by atoms with Crippen molar-refractivity contribution in [2.24, 2.45) is 5.92 Å². The maximum atomic E-state index is 12.6. The highest BCUT2D eigenvalue weighted by Crippen LogP contribution is 2.24. The monoisotopic (exact) mass is 391 g/mol. The largest absolute Gasteiger partial charge is 0.378 e. The zero-order valence-electron chi connectivity index (χ0n) is 17.4. The number of nitrogens with zero attached hydrogens (tertiary/aromatic N) is 3. The normalized spacial score (nSPS) is 14.9. The van der Waals surface area contributed by atoms with E-state index in [1.54, 1.807) is 0 Å². The fourth-order valence-electron chi connectivity index (χ4n) is 3.86. The first-order chi connectivity index (χ1) is 14.0. The van der Waals surface area contributed by atoms with Crippen LogP contribution < -0.4 is 15.1 Å². The van der Waals surface area contributed by atoms with Crippen molar-refractivity contribution in [2.45, 2.75) is 26.3 Å². The molecule has 0 bridgehead atoms. The minimum absolute atomic E-state index is 0.0684. The molecule has 2 aromatic carbocycles. The minimum Gasteiger partial charge on any atom is -0.378 e. The maximum Gasteiger partial charge on any atom is 0.223 e. The number of carbonyl (C=O) groups is 1. The third-order valence-electron chi connectivity index (χ3n) is 5.71. The summed E-state index contributed by atoms with van der Waals surface area (Å²) in [4.78, 5) is 25.1. The molecule has 0 spiro atoms. The molecule has 0 unspecified atom stereocenters. The fraction of sp³-hybridized carbons (Fsp3) is 0.391. The Morgan fingerprint density at radius 3 is 2.59 bits per heavy atom. The number of hydrogen-bond acceptors (Lipinski definition) is 4. The third-order valence-corrected chi connectivity index (χ3v) is 5.71. The van der Waals surface area contributed by atoms with E-state index in [-0.39, 0.29) is 11.8 Å². The molecule has 3 aromatic rings. The first-order valence-electron chi connectivity index (χ1n) is 10.2. The highest BCUT2D eigenvalue weighted by molar-refractivity contribution is 5.80. The molecule has 6 nitrogen and oxygen atoms in total. The number of imidazole rings is 1. The summed E-state index contributed by atoms with van der Waals surface area (Å²) >= 11 is 0. The van der Waals surface area contributed by atoms with Crippen LogP contribution in [0.3, 0.4) is 0 Å². The van der Waals surface area contributed by atoms with Gasteiger partial charge >= 0.3 is 0 Å². The summed E-state index contributed by atoms with van der Waals surface area (Å²) in [5, 5.41) is 3.11. The molecule has 2 N–H and O–H groups in total. The number of fused-ring (bicyclic) bond motifs is 1. The number of aromatic amines is 1. The molecule has 2 heterocycles. The molecule has 1 aromatic heterocycles. The number of piperidine rings is 1. The van der Waals surface area contributed by atoms with E-state index in [0.29, 0.717) is 6.54 Å². The topological polar surface area (TPSA) is 64.3 Å². The van der Waals surface area contributed by atoms with Gasteiger partial charge in [-0.1, -0.05) is 18.2 Å². The number of aromatic nitrogens is 2. The minimum atomic E-state index is 0.0684. The van der Waals surface area contributed by atoms with Gasteiger partial charge in [-0.15, -0.1) is 0 Å². The lowest BCUT2D eigenvalue weighted by Gasteiger charge is -2.31. The van der Waals surface area contributed by atoms with Crippen LogP contribution in [0.4, 0.5) is 11.6 Å². The number of H-pyrrole nitrogens is 1. The third kappa shape index (κ3) is 4.36. The number of amides is 1. The van der Waals surface area contributed by atoms with Gasteiger partial charge < -0.3 is 20.1 Å². The summed E-state index contributed by atoms with van der Waals surface area (Å²) in [7, 11) is 4.05. The second-order valence-electron chi connectivity index (χ2n) is 8.12. The van der Waals surface area contributed by atoms with Crippen molar-refractivity contribution in [1.29, 1.82) is 0 Å². The number of aryl methyl sites for hydroxylation is 1. The summed E-state index contributed by atoms with van der Waals surface area (Å²) in [6, 6.07) is 14.6. The van der Waals surface area contributed by atoms with E-state index < -0.39 is 0 Å². The van der Waals surface area contributed by atoms with E-state index >= 15 is 0 Å². The molecule has 6 heteroatoms. The van der Waals surface area contributed by atoms with Gasteiger partial charge in [-0.25, -0.2) is 4.98 Å². The standard InChI is InChI=1S/C23H29N5O/c1-16-4-9-20-21(14-16)26-23(25-20)28-12-10-18(11-13-28)22(29)24-15-17-5-7-19(8-6-17)27(2)3/h4-9,14,18H,10-13,15H2,1-3H3,(H,24,29)(H,25,26). The molecule has 1 saturated heterocycles. The molecule has 1 aliphatic rings. The highest BCUT2D eigenvalue weighted by Gasteiger charge is 2.26. The first kappa shape index (κ1) is 19.3. The Hall–Kier alpha value is -3.02. The lowest BCUT2D eigenvalue weighted by atomic mass is 9.96. The van der Waals surface area contributed by atoms with Gasteiger partial charge in [0, 0.05) is 45.3 Å². The van der Waals surface area contributed by atoms with Gasteiger partial charge in [0.2, 0.25) is 11.9 Å². The second-order valence-corrected chi connectivity index (χ2v) is 8.12. The van der Waals surface area contributed by atoms with Gasteiger partial charge in [-0.05, 0) is 55.2 Å². The molecule has 1 aliphatic heterocycles. The molecule has 0 atom stereocenters. The summed E-state index contributed by atoms with van der Waals surface area (Å²) in [5.41, 5.74) is 5.57. The van der Waals surface area contributed by atoms with E-state index in [1.165, 1.54) is 5.56 Å². The van der Waals surface area contributed by atoms with E-state index in [2.05, 4.69) is 69.5 Å². The average molecular weight is 392 g/mol. The lowest BCUT2D eigenvalue weighted by Crippen LogP contribution is -2.40. The molecule has 0 aliphatic carbocycles. The molecule has 152 valence electrons. The van der Waals surface area contributed by atoms with Crippen LogP contribution in [0.1, 0.15) is 24.0 Å². The van der Waals surface area contributed by atoms with Gasteiger partial charge in [-0.2, -0.15) is 0 Å². The number of hydrogen-bond donors (Lipinski definition) is 2. The average Bonchev–Trinajstić information content (AvgIpc) is 3.15. The molecule has 1 fully saturated rings. The van der Waals surface area contributed by atoms with Crippen molar-refractivity contribution in [3.05, 3.63) is 53.6 Å². The van der Waals surface area contributed by atoms with Gasteiger partial charge in [0.05, 0.1) is 11.0 Å². The van der Waals surface area contributed by atoms with E-state index in [9.17, 15) is 4.79 Å². The Morgan fingerprint density at radius 1 is 1.17 bits per heavy atom. The van der Waals surface area contributed by atoms with E-state index in [0.717, 1.165) is 54.2 Å². The Morgan fingerprint density at radius 2 is 1.90 bits per heavy atom. The quantitative estimate of drug-likeness (QED) is 0.699. The van der Waals surface area contributed by atoms with Crippen molar-refractivity contribution in [1.82, 2.24) is 15.3 Å². The molecule has 0 saturated carbocycles. The molecule has 1 amide bonds. The van der Waals surface area contributed by atoms with Crippen molar-refractivity contribution < 1.29 is 4.79 Å². The number of benzene rings is 2. The summed E-state index contributed by atoms with van der Waals surface area (Å²) < 4.78 is 0. The highest BCUT2D eigenvalue weighted by atomic mass is 16.1. The van der Waals surface area contributed by atoms with Crippen molar-refractivity contribution in [3.8, 4) is 0 Å². The molecular formula is C23H29N5O. The van der Waals surface area contributed by atoms with Gasteiger partial charge in [0.1, 0.15) is 0 Å². The number of nitrogens with one attached hydrogen (secondary N) is 2. The number of rotatable bonds is 5. The maximum absolute atomic E-state index is 12.6. The molecular weight excluding hydrogens is 362 g/mol. The molecule has 4 rings (SSSR count). The predicted octanol–water partition coefficient (Wildman–Crippen LogP) is 3.47. The zero-order valence-corrected chi connectivity index (χ0v) is 17.4. The fourth-order valence-corrected chi connectivity index (χ4v) is 3.86. The van der Waals surface area contributed by atoms with Gasteiger partial charge in [0.25, 0.3) is 0 Å². The van der Waals surface area contributed by atoms with Crippen LogP contribution in [-0.2, 0) is 11.3 Å². The van der Waals surface area contributed by atoms with Crippen molar-refractivity contribution >= 4 is 28.6 Å². The molecule has 29 heavy (non-hydrogen) atoms. The van der Waals surface area contributed by atoms with Crippen LogP contribution in [0.25, 0.3) is 11.0 Å². The SMILES string of the molecule is Cc1ccc2nc(N3CCC(C(=O)NCc4ccc(N(C)C)cc4)CC3)[nH]c2c1. The zero-order chi connectivity index (χ0) is 20.4. The Labute approximate surface area is 171 Å². The van der Waals surface area contributed by atoms with Gasteiger partial charge in [-0.3, -0.25) is 4.79 Å². The second kappa shape index (κ2) is 8.15.